The summed E-state index contributed by atoms with van der Waals surface area (Å²) in [6.07, 6.45) is 3.36. The quantitative estimate of drug-likeness (QED) is 0.638. The van der Waals surface area contributed by atoms with Gasteiger partial charge in [-0.25, -0.2) is 18.0 Å². The third-order valence-electron chi connectivity index (χ3n) is 2.93. The molecule has 0 saturated heterocycles. The van der Waals surface area contributed by atoms with Crippen LogP contribution in [-0.2, 0) is 11.2 Å². The van der Waals surface area contributed by atoms with E-state index in [2.05, 4.69) is 5.32 Å². The largest absolute Gasteiger partial charge is 0.444 e. The number of carbonyl (C=O) groups excluding carboxylic acids is 1. The van der Waals surface area contributed by atoms with E-state index in [9.17, 15) is 18.0 Å². The van der Waals surface area contributed by atoms with Crippen LogP contribution >= 0.6 is 0 Å². The zero-order chi connectivity index (χ0) is 17.6. The number of alkyl carbamates (subject to hydrolysis) is 1. The first-order valence-electron chi connectivity index (χ1n) is 7.36. The topological polar surface area (TPSA) is 38.3 Å². The molecule has 0 spiro atoms. The van der Waals surface area contributed by atoms with Crippen LogP contribution < -0.4 is 5.32 Å². The molecule has 1 rings (SSSR count). The van der Waals surface area contributed by atoms with Crippen molar-refractivity contribution in [3.63, 3.8) is 0 Å². The van der Waals surface area contributed by atoms with Crippen LogP contribution in [0.15, 0.2) is 24.3 Å². The first-order valence-corrected chi connectivity index (χ1v) is 7.36. The molecule has 128 valence electrons. The van der Waals surface area contributed by atoms with Gasteiger partial charge < -0.3 is 10.1 Å². The minimum Gasteiger partial charge on any atom is -0.444 e. The summed E-state index contributed by atoms with van der Waals surface area (Å²) < 4.78 is 45.2. The van der Waals surface area contributed by atoms with Crippen LogP contribution in [0.5, 0.6) is 0 Å². The fraction of sp³-hybridized carbons (Fsp3) is 0.471. The lowest BCUT2D eigenvalue weighted by atomic mass is 10.0. The van der Waals surface area contributed by atoms with Gasteiger partial charge in [-0.05, 0) is 52.2 Å². The summed E-state index contributed by atoms with van der Waals surface area (Å²) in [4.78, 5) is 11.8. The van der Waals surface area contributed by atoms with Crippen LogP contribution in [0.25, 0.3) is 0 Å². The van der Waals surface area contributed by atoms with Crippen molar-refractivity contribution in [2.75, 3.05) is 0 Å². The minimum atomic E-state index is -1.24. The summed E-state index contributed by atoms with van der Waals surface area (Å²) >= 11 is 0. The number of ether oxygens (including phenoxy) is 1. The summed E-state index contributed by atoms with van der Waals surface area (Å²) in [5.74, 6) is -3.21. The van der Waals surface area contributed by atoms with Gasteiger partial charge in [0.05, 0.1) is 0 Å². The van der Waals surface area contributed by atoms with Crippen molar-refractivity contribution in [3.05, 3.63) is 47.3 Å². The van der Waals surface area contributed by atoms with Gasteiger partial charge in [-0.15, -0.1) is 0 Å². The Kier molecular flexibility index (Phi) is 6.66. The van der Waals surface area contributed by atoms with Gasteiger partial charge in [0.15, 0.2) is 11.6 Å². The predicted molar refractivity (Wildman–Crippen MR) is 82.6 cm³/mol. The Morgan fingerprint density at radius 3 is 2.39 bits per heavy atom. The molecule has 0 radical (unpaired) electrons. The molecule has 23 heavy (non-hydrogen) atoms. The highest BCUT2D eigenvalue weighted by atomic mass is 19.2. The number of hydrogen-bond acceptors (Lipinski definition) is 2. The molecule has 1 atom stereocenters. The second-order valence-electron chi connectivity index (χ2n) is 6.21. The zero-order valence-electron chi connectivity index (χ0n) is 13.8. The summed E-state index contributed by atoms with van der Waals surface area (Å²) in [7, 11) is 0. The molecule has 0 bridgehead atoms. The van der Waals surface area contributed by atoms with E-state index >= 15 is 0 Å². The number of hydrogen-bond donors (Lipinski definition) is 1. The van der Waals surface area contributed by atoms with Gasteiger partial charge in [-0.3, -0.25) is 0 Å². The summed E-state index contributed by atoms with van der Waals surface area (Å²) in [6.45, 7) is 6.98. The molecule has 0 saturated carbocycles. The monoisotopic (exact) mass is 329 g/mol. The molecular weight excluding hydrogens is 307 g/mol. The van der Waals surface area contributed by atoms with Gasteiger partial charge in [0.2, 0.25) is 0 Å². The summed E-state index contributed by atoms with van der Waals surface area (Å²) in [5, 5.41) is 2.62. The van der Waals surface area contributed by atoms with Crippen LogP contribution in [0.3, 0.4) is 0 Å². The molecule has 1 N–H and O–H groups in total. The molecule has 6 heteroatoms. The second-order valence-corrected chi connectivity index (χ2v) is 6.21. The van der Waals surface area contributed by atoms with E-state index in [0.29, 0.717) is 12.5 Å². The Balaban J connectivity index is 2.86. The molecule has 1 aromatic rings. The van der Waals surface area contributed by atoms with Gasteiger partial charge in [0, 0.05) is 12.1 Å². The molecular formula is C17H22F3NO2. The molecule has 0 heterocycles. The highest BCUT2D eigenvalue weighted by Crippen LogP contribution is 2.17. The van der Waals surface area contributed by atoms with Crippen LogP contribution in [0.2, 0.25) is 0 Å². The first kappa shape index (κ1) is 19.1. The van der Waals surface area contributed by atoms with E-state index in [1.54, 1.807) is 32.9 Å². The molecule has 0 aliphatic rings. The van der Waals surface area contributed by atoms with Crippen molar-refractivity contribution in [1.29, 1.82) is 0 Å². The fourth-order valence-electron chi connectivity index (χ4n) is 1.95. The van der Waals surface area contributed by atoms with E-state index in [-0.39, 0.29) is 12.0 Å². The third-order valence-corrected chi connectivity index (χ3v) is 2.93. The lowest BCUT2D eigenvalue weighted by Gasteiger charge is -2.23. The standard InChI is InChI=1S/C17H22F3NO2/c1-5-6-7-12(21-16(22)23-17(2,3)4)8-11-9-14(19)15(20)10-13(11)18/h5-6,9-10,12H,7-8H2,1-4H3,(H,21,22)/t12-/m0/s1. The molecule has 1 amide bonds. The van der Waals surface area contributed by atoms with Crippen molar-refractivity contribution in [3.8, 4) is 0 Å². The summed E-state index contributed by atoms with van der Waals surface area (Å²) in [5.41, 5.74) is -0.669. The van der Waals surface area contributed by atoms with Crippen LogP contribution in [0, 0.1) is 17.5 Å². The Hall–Kier alpha value is -1.98. The van der Waals surface area contributed by atoms with Crippen molar-refractivity contribution >= 4 is 6.09 Å². The Morgan fingerprint density at radius 2 is 1.83 bits per heavy atom. The molecule has 1 aromatic carbocycles. The fourth-order valence-corrected chi connectivity index (χ4v) is 1.95. The lowest BCUT2D eigenvalue weighted by molar-refractivity contribution is 0.0504. The van der Waals surface area contributed by atoms with Crippen molar-refractivity contribution < 1.29 is 22.7 Å². The average molecular weight is 329 g/mol. The van der Waals surface area contributed by atoms with Gasteiger partial charge >= 0.3 is 6.09 Å². The number of benzene rings is 1. The molecule has 3 nitrogen and oxygen atoms in total. The average Bonchev–Trinajstić information content (AvgIpc) is 2.39. The van der Waals surface area contributed by atoms with E-state index in [0.717, 1.165) is 6.07 Å². The number of halogens is 3. The van der Waals surface area contributed by atoms with E-state index < -0.39 is 35.2 Å². The Morgan fingerprint density at radius 1 is 1.22 bits per heavy atom. The molecule has 0 aromatic heterocycles. The van der Waals surface area contributed by atoms with E-state index in [1.807, 2.05) is 6.92 Å². The zero-order valence-corrected chi connectivity index (χ0v) is 13.8. The van der Waals surface area contributed by atoms with Crippen LogP contribution in [-0.4, -0.2) is 17.7 Å². The van der Waals surface area contributed by atoms with E-state index in [1.165, 1.54) is 0 Å². The normalized spacial score (nSPS) is 13.2. The number of rotatable bonds is 5. The van der Waals surface area contributed by atoms with Gasteiger partial charge in [0.1, 0.15) is 11.4 Å². The number of amides is 1. The van der Waals surface area contributed by atoms with Crippen molar-refractivity contribution in [2.45, 2.75) is 52.2 Å². The minimum absolute atomic E-state index is 0.00513. The van der Waals surface area contributed by atoms with Crippen LogP contribution in [0.1, 0.15) is 39.7 Å². The maximum absolute atomic E-state index is 13.8. The third kappa shape index (κ3) is 6.76. The predicted octanol–water partition coefficient (Wildman–Crippen LogP) is 4.51. The van der Waals surface area contributed by atoms with Crippen molar-refractivity contribution in [1.82, 2.24) is 5.32 Å². The molecule has 0 aliphatic heterocycles. The van der Waals surface area contributed by atoms with Gasteiger partial charge in [-0.2, -0.15) is 0 Å². The van der Waals surface area contributed by atoms with Crippen LogP contribution in [0.4, 0.5) is 18.0 Å². The summed E-state index contributed by atoms with van der Waals surface area (Å²) in [6, 6.07) is 0.815. The molecule has 0 aliphatic carbocycles. The maximum Gasteiger partial charge on any atom is 0.407 e. The lowest BCUT2D eigenvalue weighted by Crippen LogP contribution is -2.40. The van der Waals surface area contributed by atoms with Gasteiger partial charge in [-0.1, -0.05) is 12.2 Å². The number of allylic oxidation sites excluding steroid dienone is 1. The molecule has 0 fully saturated rings. The maximum atomic E-state index is 13.8. The Labute approximate surface area is 134 Å². The van der Waals surface area contributed by atoms with Crippen molar-refractivity contribution in [2.24, 2.45) is 0 Å². The smallest absolute Gasteiger partial charge is 0.407 e. The highest BCUT2D eigenvalue weighted by molar-refractivity contribution is 5.68. The molecule has 0 unspecified atom stereocenters. The SMILES string of the molecule is CC=CC[C@@H](Cc1cc(F)c(F)cc1F)NC(=O)OC(C)(C)C. The van der Waals surface area contributed by atoms with E-state index in [4.69, 9.17) is 4.74 Å². The second kappa shape index (κ2) is 8.04. The Bertz CT molecular complexity index is 580. The number of carbonyl (C=O) groups is 1. The number of nitrogens with one attached hydrogen (secondary N) is 1. The van der Waals surface area contributed by atoms with Gasteiger partial charge in [0.25, 0.3) is 0 Å². The first-order chi connectivity index (χ1) is 10.6. The highest BCUT2D eigenvalue weighted by Gasteiger charge is 2.21.